The molecule has 0 aliphatic rings. The highest BCUT2D eigenvalue weighted by Gasteiger charge is 2.56. The molecule has 154 valence electrons. The number of benzene rings is 2. The number of pyridine rings is 1. The molecule has 1 aromatic heterocycles. The van der Waals surface area contributed by atoms with Gasteiger partial charge in [-0.25, -0.2) is 0 Å². The van der Waals surface area contributed by atoms with Crippen LogP contribution in [0.1, 0.15) is 29.8 Å². The van der Waals surface area contributed by atoms with Gasteiger partial charge in [0.15, 0.2) is 0 Å². The van der Waals surface area contributed by atoms with E-state index in [0.717, 1.165) is 22.2 Å². The molecule has 0 bridgehead atoms. The number of methoxy groups -OCH3 is 1. The predicted molar refractivity (Wildman–Crippen MR) is 110 cm³/mol. The van der Waals surface area contributed by atoms with Crippen LogP contribution in [0.25, 0.3) is 10.9 Å². The van der Waals surface area contributed by atoms with Crippen molar-refractivity contribution in [3.8, 4) is 0 Å². The second kappa shape index (κ2) is 8.03. The lowest BCUT2D eigenvalue weighted by Crippen LogP contribution is -2.47. The molecule has 0 fully saturated rings. The molecule has 2 aromatic carbocycles. The van der Waals surface area contributed by atoms with Crippen LogP contribution in [0.5, 0.6) is 0 Å². The van der Waals surface area contributed by atoms with E-state index in [1.165, 1.54) is 14.0 Å². The van der Waals surface area contributed by atoms with Gasteiger partial charge in [0.05, 0.1) is 18.2 Å². The van der Waals surface area contributed by atoms with Crippen molar-refractivity contribution in [2.45, 2.75) is 33.0 Å². The predicted octanol–water partition coefficient (Wildman–Crippen LogP) is 6.22. The van der Waals surface area contributed by atoms with Gasteiger partial charge in [0.1, 0.15) is 5.41 Å². The van der Waals surface area contributed by atoms with Crippen LogP contribution in [0.15, 0.2) is 54.6 Å². The highest BCUT2D eigenvalue weighted by Crippen LogP contribution is 2.49. The first-order chi connectivity index (χ1) is 13.7. The second-order valence-electron chi connectivity index (χ2n) is 7.66. The van der Waals surface area contributed by atoms with E-state index in [2.05, 4.69) is 10.3 Å². The molecule has 0 saturated carbocycles. The summed E-state index contributed by atoms with van der Waals surface area (Å²) in [7, 11) is 1.29. The summed E-state index contributed by atoms with van der Waals surface area (Å²) in [5.74, 6) is 0. The van der Waals surface area contributed by atoms with Crippen LogP contribution in [0.4, 0.5) is 18.9 Å². The van der Waals surface area contributed by atoms with Crippen LogP contribution in [-0.4, -0.2) is 24.9 Å². The summed E-state index contributed by atoms with van der Waals surface area (Å²) in [6, 6.07) is 15.2. The van der Waals surface area contributed by atoms with Gasteiger partial charge >= 0.3 is 6.18 Å². The molecule has 0 aliphatic carbocycles. The van der Waals surface area contributed by atoms with E-state index in [1.807, 2.05) is 44.2 Å². The SMILES string of the molecule is COC[C@@](C)(C(Nc1cccc2nc(C)ccc12)c1ccc(C)cc1)C(F)(F)F. The summed E-state index contributed by atoms with van der Waals surface area (Å²) < 4.78 is 47.8. The van der Waals surface area contributed by atoms with Crippen LogP contribution in [0.3, 0.4) is 0 Å². The fourth-order valence-corrected chi connectivity index (χ4v) is 3.54. The average Bonchev–Trinajstić information content (AvgIpc) is 2.66. The summed E-state index contributed by atoms with van der Waals surface area (Å²) >= 11 is 0. The summed E-state index contributed by atoms with van der Waals surface area (Å²) in [5.41, 5.74) is 1.58. The molecule has 3 rings (SSSR count). The first-order valence-corrected chi connectivity index (χ1v) is 9.41. The zero-order valence-corrected chi connectivity index (χ0v) is 17.0. The van der Waals surface area contributed by atoms with E-state index < -0.39 is 24.2 Å². The molecule has 1 heterocycles. The molecule has 1 unspecified atom stereocenters. The van der Waals surface area contributed by atoms with Gasteiger partial charge in [-0.1, -0.05) is 35.9 Å². The molecule has 3 aromatic rings. The Morgan fingerprint density at radius 1 is 1.00 bits per heavy atom. The van der Waals surface area contributed by atoms with Crippen molar-refractivity contribution in [2.75, 3.05) is 19.0 Å². The molecule has 0 aliphatic heterocycles. The van der Waals surface area contributed by atoms with Crippen LogP contribution in [0, 0.1) is 19.3 Å². The number of rotatable bonds is 6. The van der Waals surface area contributed by atoms with Gasteiger partial charge in [0, 0.05) is 23.9 Å². The Hall–Kier alpha value is -2.60. The topological polar surface area (TPSA) is 34.1 Å². The Labute approximate surface area is 168 Å². The summed E-state index contributed by atoms with van der Waals surface area (Å²) in [6.45, 7) is 4.52. The molecule has 0 radical (unpaired) electrons. The zero-order valence-electron chi connectivity index (χ0n) is 17.0. The molecule has 0 amide bonds. The Morgan fingerprint density at radius 3 is 2.31 bits per heavy atom. The van der Waals surface area contributed by atoms with Crippen molar-refractivity contribution in [3.63, 3.8) is 0 Å². The number of hydrogen-bond acceptors (Lipinski definition) is 3. The van der Waals surface area contributed by atoms with Crippen molar-refractivity contribution < 1.29 is 17.9 Å². The van der Waals surface area contributed by atoms with E-state index >= 15 is 0 Å². The maximum absolute atomic E-state index is 14.2. The molecule has 0 spiro atoms. The first kappa shape index (κ1) is 21.1. The summed E-state index contributed by atoms with van der Waals surface area (Å²) in [6.07, 6.45) is -4.48. The van der Waals surface area contributed by atoms with E-state index in [1.54, 1.807) is 24.3 Å². The third kappa shape index (κ3) is 4.22. The molecular weight excluding hydrogens is 377 g/mol. The van der Waals surface area contributed by atoms with Crippen molar-refractivity contribution in [3.05, 3.63) is 71.4 Å². The highest BCUT2D eigenvalue weighted by atomic mass is 19.4. The van der Waals surface area contributed by atoms with Crippen LogP contribution < -0.4 is 5.32 Å². The standard InChI is InChI=1S/C23H25F3N2O/c1-15-8-11-17(12-9-15)21(22(3,14-29-4)23(24,25)26)28-20-7-5-6-19-18(20)13-10-16(2)27-19/h5-13,21,28H,14H2,1-4H3/t21?,22-/m0/s1. The Morgan fingerprint density at radius 2 is 1.69 bits per heavy atom. The molecule has 6 heteroatoms. The minimum absolute atomic E-state index is 0.468. The molecule has 2 atom stereocenters. The van der Waals surface area contributed by atoms with E-state index in [-0.39, 0.29) is 0 Å². The summed E-state index contributed by atoms with van der Waals surface area (Å²) in [5, 5.41) is 3.94. The largest absolute Gasteiger partial charge is 0.398 e. The number of aryl methyl sites for hydroxylation is 2. The smallest absolute Gasteiger partial charge is 0.384 e. The van der Waals surface area contributed by atoms with Crippen LogP contribution in [0.2, 0.25) is 0 Å². The lowest BCUT2D eigenvalue weighted by atomic mass is 9.78. The third-order valence-corrected chi connectivity index (χ3v) is 5.31. The minimum atomic E-state index is -4.48. The fraction of sp³-hybridized carbons (Fsp3) is 0.348. The lowest BCUT2D eigenvalue weighted by Gasteiger charge is -2.40. The maximum atomic E-state index is 14.2. The van der Waals surface area contributed by atoms with Gasteiger partial charge < -0.3 is 10.1 Å². The fourth-order valence-electron chi connectivity index (χ4n) is 3.54. The summed E-state index contributed by atoms with van der Waals surface area (Å²) in [4.78, 5) is 4.49. The quantitative estimate of drug-likeness (QED) is 0.531. The van der Waals surface area contributed by atoms with Gasteiger partial charge in [-0.3, -0.25) is 4.98 Å². The first-order valence-electron chi connectivity index (χ1n) is 9.41. The number of halogens is 3. The average molecular weight is 402 g/mol. The third-order valence-electron chi connectivity index (χ3n) is 5.31. The van der Waals surface area contributed by atoms with E-state index in [9.17, 15) is 13.2 Å². The van der Waals surface area contributed by atoms with Crippen LogP contribution >= 0.6 is 0 Å². The molecule has 0 saturated heterocycles. The molecular formula is C23H25F3N2O. The maximum Gasteiger partial charge on any atom is 0.398 e. The molecule has 3 nitrogen and oxygen atoms in total. The highest BCUT2D eigenvalue weighted by molar-refractivity contribution is 5.91. The Bertz CT molecular complexity index is 986. The number of hydrogen-bond donors (Lipinski definition) is 1. The van der Waals surface area contributed by atoms with Gasteiger partial charge in [-0.05, 0) is 50.6 Å². The number of nitrogens with zero attached hydrogens (tertiary/aromatic N) is 1. The number of alkyl halides is 3. The molecule has 1 N–H and O–H groups in total. The zero-order chi connectivity index (χ0) is 21.2. The van der Waals surface area contributed by atoms with E-state index in [0.29, 0.717) is 11.3 Å². The number of anilines is 1. The number of aromatic nitrogens is 1. The number of fused-ring (bicyclic) bond motifs is 1. The van der Waals surface area contributed by atoms with Crippen LogP contribution in [-0.2, 0) is 4.74 Å². The van der Waals surface area contributed by atoms with Crippen molar-refractivity contribution >= 4 is 16.6 Å². The van der Waals surface area contributed by atoms with Gasteiger partial charge in [0.25, 0.3) is 0 Å². The Kier molecular flexibility index (Phi) is 5.85. The second-order valence-corrected chi connectivity index (χ2v) is 7.66. The molecule has 29 heavy (non-hydrogen) atoms. The number of ether oxygens (including phenoxy) is 1. The normalized spacial score (nSPS) is 15.1. The minimum Gasteiger partial charge on any atom is -0.384 e. The van der Waals surface area contributed by atoms with Crippen molar-refractivity contribution in [1.82, 2.24) is 4.98 Å². The van der Waals surface area contributed by atoms with Crippen molar-refractivity contribution in [1.29, 1.82) is 0 Å². The number of nitrogens with one attached hydrogen (secondary N) is 1. The van der Waals surface area contributed by atoms with E-state index in [4.69, 9.17) is 4.74 Å². The van der Waals surface area contributed by atoms with Gasteiger partial charge in [-0.15, -0.1) is 0 Å². The lowest BCUT2D eigenvalue weighted by molar-refractivity contribution is -0.237. The Balaban J connectivity index is 2.15. The van der Waals surface area contributed by atoms with Gasteiger partial charge in [-0.2, -0.15) is 13.2 Å². The van der Waals surface area contributed by atoms with Gasteiger partial charge in [0.2, 0.25) is 0 Å². The monoisotopic (exact) mass is 402 g/mol. The van der Waals surface area contributed by atoms with Crippen molar-refractivity contribution in [2.24, 2.45) is 5.41 Å².